The van der Waals surface area contributed by atoms with Gasteiger partial charge in [-0.1, -0.05) is 48.5 Å². The molecule has 4 rings (SSSR count). The van der Waals surface area contributed by atoms with Crippen LogP contribution in [-0.2, 0) is 11.3 Å². The third-order valence-electron chi connectivity index (χ3n) is 5.66. The summed E-state index contributed by atoms with van der Waals surface area (Å²) in [5, 5.41) is 11.9. The zero-order chi connectivity index (χ0) is 26.5. The zero-order valence-corrected chi connectivity index (χ0v) is 22.6. The number of amides is 1. The van der Waals surface area contributed by atoms with E-state index < -0.39 is 5.97 Å². The molecule has 0 bridgehead atoms. The average molecular weight is 534 g/mol. The lowest BCUT2D eigenvalue weighted by Crippen LogP contribution is -2.28. The fourth-order valence-electron chi connectivity index (χ4n) is 3.77. The number of hydrogen-bond donors (Lipinski definition) is 2. The Labute approximate surface area is 224 Å². The van der Waals surface area contributed by atoms with Crippen LogP contribution in [0.3, 0.4) is 0 Å². The topological polar surface area (TPSA) is 88.5 Å². The second-order valence-corrected chi connectivity index (χ2v) is 9.84. The fourth-order valence-corrected chi connectivity index (χ4v) is 5.23. The van der Waals surface area contributed by atoms with Gasteiger partial charge in [0.15, 0.2) is 5.11 Å². The van der Waals surface area contributed by atoms with Crippen LogP contribution in [0.15, 0.2) is 66.9 Å². The van der Waals surface area contributed by atoms with Gasteiger partial charge in [0.25, 0.3) is 5.91 Å². The highest BCUT2D eigenvalue weighted by Crippen LogP contribution is 2.34. The molecule has 1 amide bonds. The van der Waals surface area contributed by atoms with E-state index in [0.717, 1.165) is 22.5 Å². The molecule has 0 saturated heterocycles. The van der Waals surface area contributed by atoms with E-state index in [9.17, 15) is 9.59 Å². The lowest BCUT2D eigenvalue weighted by Gasteiger charge is -2.11. The number of nitrogens with one attached hydrogen (secondary N) is 2. The summed E-state index contributed by atoms with van der Waals surface area (Å²) >= 11 is 6.73. The number of esters is 1. The predicted molar refractivity (Wildman–Crippen MR) is 150 cm³/mol. The highest BCUT2D eigenvalue weighted by Gasteiger charge is 2.26. The van der Waals surface area contributed by atoms with Crippen molar-refractivity contribution in [3.63, 3.8) is 0 Å². The Kier molecular flexibility index (Phi) is 8.00. The largest absolute Gasteiger partial charge is 0.465 e. The van der Waals surface area contributed by atoms with E-state index in [-0.39, 0.29) is 5.91 Å². The SMILES string of the molecule is COC(=O)c1c(NC(=S)NCc2cn(-c3ccccc3)nc2-c2ccccc2)sc(C(=O)N(C)C)c1C. The van der Waals surface area contributed by atoms with Crippen molar-refractivity contribution in [3.05, 3.63) is 88.4 Å². The molecule has 0 fully saturated rings. The van der Waals surface area contributed by atoms with Gasteiger partial charge in [-0.05, 0) is 36.8 Å². The van der Waals surface area contributed by atoms with E-state index in [1.807, 2.05) is 71.5 Å². The van der Waals surface area contributed by atoms with Gasteiger partial charge in [-0.3, -0.25) is 4.79 Å². The van der Waals surface area contributed by atoms with Crippen LogP contribution in [0.25, 0.3) is 16.9 Å². The second-order valence-electron chi connectivity index (χ2n) is 8.41. The monoisotopic (exact) mass is 533 g/mol. The molecule has 4 aromatic rings. The van der Waals surface area contributed by atoms with Gasteiger partial charge in [-0.25, -0.2) is 9.48 Å². The van der Waals surface area contributed by atoms with E-state index in [1.54, 1.807) is 21.0 Å². The summed E-state index contributed by atoms with van der Waals surface area (Å²) in [7, 11) is 4.64. The molecule has 0 radical (unpaired) electrons. The number of rotatable bonds is 7. The lowest BCUT2D eigenvalue weighted by atomic mass is 10.1. The molecule has 0 aliphatic carbocycles. The summed E-state index contributed by atoms with van der Waals surface area (Å²) in [6.07, 6.45) is 1.97. The van der Waals surface area contributed by atoms with Gasteiger partial charge in [0.2, 0.25) is 0 Å². The molecule has 0 spiro atoms. The van der Waals surface area contributed by atoms with E-state index in [2.05, 4.69) is 10.6 Å². The summed E-state index contributed by atoms with van der Waals surface area (Å²) in [6, 6.07) is 19.8. The normalized spacial score (nSPS) is 10.6. The smallest absolute Gasteiger partial charge is 0.341 e. The second kappa shape index (κ2) is 11.4. The first-order valence-corrected chi connectivity index (χ1v) is 12.7. The Morgan fingerprint density at radius 2 is 1.73 bits per heavy atom. The fraction of sp³-hybridized carbons (Fsp3) is 0.185. The maximum atomic E-state index is 12.6. The van der Waals surface area contributed by atoms with E-state index in [1.165, 1.54) is 23.3 Å². The first kappa shape index (κ1) is 26.1. The number of benzene rings is 2. The number of carbonyl (C=O) groups excluding carboxylic acids is 2. The molecule has 2 aromatic heterocycles. The maximum Gasteiger partial charge on any atom is 0.341 e. The Morgan fingerprint density at radius 3 is 2.35 bits per heavy atom. The molecule has 0 aliphatic rings. The van der Waals surface area contributed by atoms with Crippen molar-refractivity contribution in [1.29, 1.82) is 0 Å². The van der Waals surface area contributed by atoms with Crippen molar-refractivity contribution in [2.45, 2.75) is 13.5 Å². The minimum atomic E-state index is -0.535. The minimum absolute atomic E-state index is 0.194. The summed E-state index contributed by atoms with van der Waals surface area (Å²) in [5.41, 5.74) is 4.56. The first-order chi connectivity index (χ1) is 17.8. The number of ether oxygens (including phenoxy) is 1. The molecule has 2 heterocycles. The standard InChI is InChI=1S/C27H27N5O3S2/c1-17-21(26(34)35-4)24(37-23(17)25(33)31(2)3)29-27(36)28-15-19-16-32(20-13-9-6-10-14-20)30-22(19)18-11-7-5-8-12-18/h5-14,16H,15H2,1-4H3,(H2,28,29,36). The Hall–Kier alpha value is -4.02. The van der Waals surface area contributed by atoms with Gasteiger partial charge >= 0.3 is 5.97 Å². The molecule has 190 valence electrons. The van der Waals surface area contributed by atoms with Crippen molar-refractivity contribution in [2.75, 3.05) is 26.5 Å². The molecule has 0 aliphatic heterocycles. The number of methoxy groups -OCH3 is 1. The van der Waals surface area contributed by atoms with Gasteiger partial charge in [0, 0.05) is 38.0 Å². The Morgan fingerprint density at radius 1 is 1.08 bits per heavy atom. The minimum Gasteiger partial charge on any atom is -0.465 e. The molecule has 0 unspecified atom stereocenters. The van der Waals surface area contributed by atoms with Crippen molar-refractivity contribution < 1.29 is 14.3 Å². The highest BCUT2D eigenvalue weighted by atomic mass is 32.1. The van der Waals surface area contributed by atoms with Gasteiger partial charge in [0.1, 0.15) is 5.00 Å². The van der Waals surface area contributed by atoms with Crippen molar-refractivity contribution in [1.82, 2.24) is 20.0 Å². The summed E-state index contributed by atoms with van der Waals surface area (Å²) in [4.78, 5) is 27.1. The van der Waals surface area contributed by atoms with Crippen LogP contribution in [0.1, 0.15) is 31.2 Å². The molecule has 2 aromatic carbocycles. The number of anilines is 1. The molecule has 37 heavy (non-hydrogen) atoms. The number of para-hydroxylation sites is 1. The van der Waals surface area contributed by atoms with Gasteiger partial charge < -0.3 is 20.3 Å². The highest BCUT2D eigenvalue weighted by molar-refractivity contribution is 7.80. The van der Waals surface area contributed by atoms with Crippen molar-refractivity contribution in [2.24, 2.45) is 0 Å². The van der Waals surface area contributed by atoms with Gasteiger partial charge in [-0.2, -0.15) is 5.10 Å². The third kappa shape index (κ3) is 5.71. The number of hydrogen-bond acceptors (Lipinski definition) is 6. The Bertz CT molecular complexity index is 1430. The van der Waals surface area contributed by atoms with Crippen LogP contribution in [0.4, 0.5) is 5.00 Å². The summed E-state index contributed by atoms with van der Waals surface area (Å²) < 4.78 is 6.80. The number of thiocarbonyl (C=S) groups is 1. The molecule has 2 N–H and O–H groups in total. The number of aromatic nitrogens is 2. The van der Waals surface area contributed by atoms with Crippen LogP contribution < -0.4 is 10.6 Å². The van der Waals surface area contributed by atoms with Crippen LogP contribution in [0.2, 0.25) is 0 Å². The number of nitrogens with zero attached hydrogens (tertiary/aromatic N) is 3. The molecule has 0 saturated carbocycles. The van der Waals surface area contributed by atoms with Crippen molar-refractivity contribution in [3.8, 4) is 16.9 Å². The molecular weight excluding hydrogens is 506 g/mol. The van der Waals surface area contributed by atoms with Crippen LogP contribution in [0.5, 0.6) is 0 Å². The maximum absolute atomic E-state index is 12.6. The zero-order valence-electron chi connectivity index (χ0n) is 20.9. The van der Waals surface area contributed by atoms with Crippen molar-refractivity contribution >= 4 is 45.5 Å². The quantitative estimate of drug-likeness (QED) is 0.258. The third-order valence-corrected chi connectivity index (χ3v) is 7.10. The molecule has 10 heteroatoms. The van der Waals surface area contributed by atoms with Crippen LogP contribution in [-0.4, -0.2) is 52.9 Å². The Balaban J connectivity index is 1.58. The number of carbonyl (C=O) groups is 2. The predicted octanol–water partition coefficient (Wildman–Crippen LogP) is 4.88. The van der Waals surface area contributed by atoms with Gasteiger partial charge in [-0.15, -0.1) is 11.3 Å². The summed E-state index contributed by atoms with van der Waals surface area (Å²) in [6.45, 7) is 2.12. The van der Waals surface area contributed by atoms with Crippen LogP contribution in [0, 0.1) is 6.92 Å². The van der Waals surface area contributed by atoms with E-state index in [4.69, 9.17) is 22.1 Å². The number of thiophene rings is 1. The average Bonchev–Trinajstić information content (AvgIpc) is 3.48. The lowest BCUT2D eigenvalue weighted by molar-refractivity contribution is 0.0601. The van der Waals surface area contributed by atoms with Crippen LogP contribution >= 0.6 is 23.6 Å². The van der Waals surface area contributed by atoms with E-state index in [0.29, 0.717) is 32.7 Å². The van der Waals surface area contributed by atoms with E-state index >= 15 is 0 Å². The molecule has 8 nitrogen and oxygen atoms in total. The summed E-state index contributed by atoms with van der Waals surface area (Å²) in [5.74, 6) is -0.729. The first-order valence-electron chi connectivity index (χ1n) is 11.5. The molecular formula is C27H27N5O3S2. The van der Waals surface area contributed by atoms with Gasteiger partial charge in [0.05, 0.1) is 28.9 Å². The molecule has 0 atom stereocenters.